The van der Waals surface area contributed by atoms with Gasteiger partial charge in [0, 0.05) is 10.8 Å². The van der Waals surface area contributed by atoms with E-state index >= 15 is 0 Å². The van der Waals surface area contributed by atoms with Crippen LogP contribution in [0, 0.1) is 6.92 Å². The summed E-state index contributed by atoms with van der Waals surface area (Å²) in [7, 11) is 0. The van der Waals surface area contributed by atoms with Gasteiger partial charge in [0.1, 0.15) is 11.0 Å². The van der Waals surface area contributed by atoms with Gasteiger partial charge < -0.3 is 0 Å². The predicted molar refractivity (Wildman–Crippen MR) is 87.5 cm³/mol. The lowest BCUT2D eigenvalue weighted by Crippen LogP contribution is -2.00. The molecule has 0 unspecified atom stereocenters. The molecule has 1 aliphatic rings. The van der Waals surface area contributed by atoms with Crippen LogP contribution >= 0.6 is 39.3 Å². The largest absolute Gasteiger partial charge is 0.235 e. The Morgan fingerprint density at radius 1 is 1.30 bits per heavy atom. The highest BCUT2D eigenvalue weighted by Gasteiger charge is 2.29. The molecule has 1 aromatic heterocycles. The van der Waals surface area contributed by atoms with Crippen LogP contribution < -0.4 is 0 Å². The minimum atomic E-state index is 0.530. The molecule has 1 heterocycles. The molecule has 0 radical (unpaired) electrons. The van der Waals surface area contributed by atoms with Crippen LogP contribution in [0.3, 0.4) is 0 Å². The lowest BCUT2D eigenvalue weighted by Gasteiger charge is -2.08. The first kappa shape index (κ1) is 14.4. The Bertz CT molecular complexity index is 644. The van der Waals surface area contributed by atoms with Gasteiger partial charge in [-0.15, -0.1) is 11.8 Å². The molecular formula is C15H14BrClN2S. The van der Waals surface area contributed by atoms with Crippen molar-refractivity contribution in [2.45, 2.75) is 36.3 Å². The van der Waals surface area contributed by atoms with Crippen molar-refractivity contribution in [3.63, 3.8) is 0 Å². The molecule has 1 saturated carbocycles. The zero-order valence-electron chi connectivity index (χ0n) is 11.1. The van der Waals surface area contributed by atoms with Crippen molar-refractivity contribution in [2.24, 2.45) is 0 Å². The van der Waals surface area contributed by atoms with Crippen LogP contribution in [-0.4, -0.2) is 9.97 Å². The monoisotopic (exact) mass is 368 g/mol. The summed E-state index contributed by atoms with van der Waals surface area (Å²) in [6.07, 6.45) is 2.41. The topological polar surface area (TPSA) is 25.8 Å². The maximum absolute atomic E-state index is 6.20. The van der Waals surface area contributed by atoms with E-state index in [4.69, 9.17) is 11.6 Å². The number of rotatable bonds is 4. The Morgan fingerprint density at radius 3 is 2.75 bits per heavy atom. The molecule has 0 saturated heterocycles. The summed E-state index contributed by atoms with van der Waals surface area (Å²) >= 11 is 11.5. The second kappa shape index (κ2) is 6.04. The van der Waals surface area contributed by atoms with E-state index in [0.717, 1.165) is 21.7 Å². The van der Waals surface area contributed by atoms with Gasteiger partial charge in [0.15, 0.2) is 0 Å². The molecule has 3 rings (SSSR count). The summed E-state index contributed by atoms with van der Waals surface area (Å²) in [6, 6.07) is 8.35. The van der Waals surface area contributed by atoms with Crippen LogP contribution in [-0.2, 0) is 5.75 Å². The van der Waals surface area contributed by atoms with Gasteiger partial charge in [-0.2, -0.15) is 0 Å². The van der Waals surface area contributed by atoms with Crippen LogP contribution in [0.15, 0.2) is 33.6 Å². The van der Waals surface area contributed by atoms with E-state index in [9.17, 15) is 0 Å². The van der Waals surface area contributed by atoms with Gasteiger partial charge in [-0.05, 0) is 47.3 Å². The van der Waals surface area contributed by atoms with Gasteiger partial charge in [-0.3, -0.25) is 0 Å². The molecule has 20 heavy (non-hydrogen) atoms. The fraction of sp³-hybridized carbons (Fsp3) is 0.333. The fourth-order valence-electron chi connectivity index (χ4n) is 2.03. The Hall–Kier alpha value is -0.580. The number of aromatic nitrogens is 2. The zero-order valence-corrected chi connectivity index (χ0v) is 14.2. The van der Waals surface area contributed by atoms with E-state index in [2.05, 4.69) is 57.1 Å². The quantitative estimate of drug-likeness (QED) is 0.535. The van der Waals surface area contributed by atoms with Gasteiger partial charge in [-0.1, -0.05) is 29.8 Å². The Morgan fingerprint density at radius 2 is 2.05 bits per heavy atom. The Kier molecular flexibility index (Phi) is 4.34. The molecule has 0 N–H and O–H groups in total. The smallest absolute Gasteiger partial charge is 0.147 e. The van der Waals surface area contributed by atoms with Crippen LogP contribution in [0.25, 0.3) is 0 Å². The summed E-state index contributed by atoms with van der Waals surface area (Å²) in [5.74, 6) is 2.12. The molecule has 0 atom stereocenters. The molecule has 0 bridgehead atoms. The lowest BCUT2D eigenvalue weighted by molar-refractivity contribution is 0.920. The van der Waals surface area contributed by atoms with Crippen molar-refractivity contribution in [3.8, 4) is 0 Å². The average molecular weight is 370 g/mol. The van der Waals surface area contributed by atoms with Crippen molar-refractivity contribution in [3.05, 3.63) is 51.0 Å². The number of benzene rings is 1. The minimum Gasteiger partial charge on any atom is -0.235 e. The van der Waals surface area contributed by atoms with Crippen molar-refractivity contribution in [1.82, 2.24) is 9.97 Å². The van der Waals surface area contributed by atoms with E-state index in [1.807, 2.05) is 0 Å². The first-order valence-electron chi connectivity index (χ1n) is 6.55. The van der Waals surface area contributed by atoms with Gasteiger partial charge in [0.2, 0.25) is 0 Å². The normalized spacial score (nSPS) is 14.6. The molecule has 5 heteroatoms. The first-order valence-corrected chi connectivity index (χ1v) is 8.71. The first-order chi connectivity index (χ1) is 9.65. The fourth-order valence-corrected chi connectivity index (χ4v) is 3.61. The molecule has 1 aromatic carbocycles. The highest BCUT2D eigenvalue weighted by molar-refractivity contribution is 9.10. The maximum Gasteiger partial charge on any atom is 0.147 e. The van der Waals surface area contributed by atoms with Gasteiger partial charge in [0.25, 0.3) is 0 Å². The highest BCUT2D eigenvalue weighted by Crippen LogP contribution is 2.43. The number of thioether (sulfide) groups is 1. The Labute approximate surface area is 136 Å². The average Bonchev–Trinajstić information content (AvgIpc) is 3.26. The third kappa shape index (κ3) is 3.18. The van der Waals surface area contributed by atoms with Crippen molar-refractivity contribution in [1.29, 1.82) is 0 Å². The highest BCUT2D eigenvalue weighted by atomic mass is 79.9. The van der Waals surface area contributed by atoms with Crippen LogP contribution in [0.1, 0.15) is 35.8 Å². The van der Waals surface area contributed by atoms with Crippen LogP contribution in [0.4, 0.5) is 0 Å². The molecule has 1 aliphatic carbocycles. The minimum absolute atomic E-state index is 0.530. The van der Waals surface area contributed by atoms with Crippen LogP contribution in [0.5, 0.6) is 0 Å². The van der Waals surface area contributed by atoms with E-state index in [-0.39, 0.29) is 0 Å². The summed E-state index contributed by atoms with van der Waals surface area (Å²) in [5, 5.41) is 0.530. The van der Waals surface area contributed by atoms with Crippen molar-refractivity contribution in [2.75, 3.05) is 0 Å². The van der Waals surface area contributed by atoms with E-state index in [1.165, 1.54) is 23.3 Å². The number of hydrogen-bond donors (Lipinski definition) is 0. The summed E-state index contributed by atoms with van der Waals surface area (Å²) in [4.78, 5) is 10.3. The molecule has 104 valence electrons. The Balaban J connectivity index is 1.79. The van der Waals surface area contributed by atoms with Gasteiger partial charge in [-0.25, -0.2) is 9.97 Å². The van der Waals surface area contributed by atoms with E-state index in [0.29, 0.717) is 11.1 Å². The van der Waals surface area contributed by atoms with Gasteiger partial charge >= 0.3 is 0 Å². The second-order valence-corrected chi connectivity index (χ2v) is 7.13. The number of hydrogen-bond acceptors (Lipinski definition) is 3. The molecule has 2 nitrogen and oxygen atoms in total. The lowest BCUT2D eigenvalue weighted by atomic mass is 10.2. The third-order valence-electron chi connectivity index (χ3n) is 3.30. The summed E-state index contributed by atoms with van der Waals surface area (Å²) in [6.45, 7) is 2.12. The zero-order chi connectivity index (χ0) is 14.1. The summed E-state index contributed by atoms with van der Waals surface area (Å²) < 4.78 is 0.867. The maximum atomic E-state index is 6.20. The predicted octanol–water partition coefficient (Wildman–Crippen LogP) is 5.37. The third-order valence-corrected chi connectivity index (χ3v) is 5.75. The number of halogens is 2. The number of nitrogens with zero attached hydrogens (tertiary/aromatic N) is 2. The molecule has 0 aliphatic heterocycles. The summed E-state index contributed by atoms with van der Waals surface area (Å²) in [5.41, 5.74) is 2.36. The molecule has 1 fully saturated rings. The SMILES string of the molecule is Cc1ccccc1SCc1nc(Cl)c(Br)c(C2CC2)n1. The van der Waals surface area contributed by atoms with Crippen molar-refractivity contribution >= 4 is 39.3 Å². The van der Waals surface area contributed by atoms with Crippen molar-refractivity contribution < 1.29 is 0 Å². The molecule has 2 aromatic rings. The molecule has 0 amide bonds. The molecule has 0 spiro atoms. The van der Waals surface area contributed by atoms with E-state index in [1.54, 1.807) is 11.8 Å². The number of aryl methyl sites for hydroxylation is 1. The van der Waals surface area contributed by atoms with Gasteiger partial charge in [0.05, 0.1) is 15.9 Å². The standard InChI is InChI=1S/C15H14BrClN2S/c1-9-4-2-3-5-11(9)20-8-12-18-14(10-6-7-10)13(16)15(17)19-12/h2-5,10H,6-8H2,1H3. The van der Waals surface area contributed by atoms with Crippen LogP contribution in [0.2, 0.25) is 5.15 Å². The molecular weight excluding hydrogens is 356 g/mol. The van der Waals surface area contributed by atoms with E-state index < -0.39 is 0 Å². The second-order valence-electron chi connectivity index (χ2n) is 4.96.